The Morgan fingerprint density at radius 2 is 2.29 bits per heavy atom. The summed E-state index contributed by atoms with van der Waals surface area (Å²) in [6, 6.07) is 4.14. The molecule has 1 aromatic carbocycles. The Morgan fingerprint density at radius 3 is 2.86 bits per heavy atom. The summed E-state index contributed by atoms with van der Waals surface area (Å²) in [5, 5.41) is 0. The summed E-state index contributed by atoms with van der Waals surface area (Å²) in [7, 11) is 0. The highest BCUT2D eigenvalue weighted by molar-refractivity contribution is 5.97. The minimum absolute atomic E-state index is 0.0274. The predicted molar refractivity (Wildman–Crippen MR) is 53.5 cm³/mol. The molecule has 0 radical (unpaired) electrons. The average molecular weight is 190 g/mol. The van der Waals surface area contributed by atoms with Gasteiger partial charge in [-0.25, -0.2) is 4.39 Å². The molecule has 14 heavy (non-hydrogen) atoms. The molecule has 1 aromatic rings. The number of rotatable bonds is 3. The summed E-state index contributed by atoms with van der Waals surface area (Å²) in [6.45, 7) is 1.71. The lowest BCUT2D eigenvalue weighted by molar-refractivity contribution is 0.0983. The second-order valence-electron chi connectivity index (χ2n) is 3.09. The van der Waals surface area contributed by atoms with Crippen molar-refractivity contribution in [1.82, 2.24) is 0 Å². The summed E-state index contributed by atoms with van der Waals surface area (Å²) in [6.07, 6.45) is 5.80. The molecule has 0 heterocycles. The zero-order valence-electron chi connectivity index (χ0n) is 8.01. The maximum absolute atomic E-state index is 12.7. The van der Waals surface area contributed by atoms with Gasteiger partial charge in [-0.2, -0.15) is 0 Å². The van der Waals surface area contributed by atoms with Crippen LogP contribution in [0.1, 0.15) is 28.8 Å². The Labute approximate surface area is 82.9 Å². The van der Waals surface area contributed by atoms with Gasteiger partial charge in [0, 0.05) is 18.4 Å². The third-order valence-electron chi connectivity index (χ3n) is 1.99. The van der Waals surface area contributed by atoms with E-state index in [-0.39, 0.29) is 11.6 Å². The molecule has 1 nitrogen and oxygen atoms in total. The molecule has 2 heteroatoms. The number of aryl methyl sites for hydroxylation is 1. The lowest BCUT2D eigenvalue weighted by atomic mass is 10.0. The van der Waals surface area contributed by atoms with Crippen LogP contribution in [0.5, 0.6) is 0 Å². The van der Waals surface area contributed by atoms with E-state index in [2.05, 4.69) is 5.92 Å². The zero-order chi connectivity index (χ0) is 10.6. The predicted octanol–water partition coefficient (Wildman–Crippen LogP) is 2.73. The topological polar surface area (TPSA) is 17.1 Å². The molecule has 0 N–H and O–H groups in total. The van der Waals surface area contributed by atoms with E-state index in [9.17, 15) is 9.18 Å². The molecule has 0 fully saturated rings. The number of terminal acetylenes is 1. The van der Waals surface area contributed by atoms with E-state index in [1.54, 1.807) is 6.92 Å². The molecule has 0 amide bonds. The van der Waals surface area contributed by atoms with Crippen molar-refractivity contribution in [2.45, 2.75) is 19.8 Å². The fraction of sp³-hybridized carbons (Fsp3) is 0.250. The van der Waals surface area contributed by atoms with E-state index in [0.29, 0.717) is 24.0 Å². The quantitative estimate of drug-likeness (QED) is 0.529. The molecule has 0 aliphatic carbocycles. The summed E-state index contributed by atoms with van der Waals surface area (Å²) in [4.78, 5) is 11.5. The van der Waals surface area contributed by atoms with E-state index in [1.807, 2.05) is 0 Å². The van der Waals surface area contributed by atoms with E-state index < -0.39 is 0 Å². The second-order valence-corrected chi connectivity index (χ2v) is 3.09. The van der Waals surface area contributed by atoms with Crippen LogP contribution in [-0.2, 0) is 0 Å². The first-order valence-corrected chi connectivity index (χ1v) is 4.38. The van der Waals surface area contributed by atoms with Crippen LogP contribution < -0.4 is 0 Å². The van der Waals surface area contributed by atoms with Crippen molar-refractivity contribution in [1.29, 1.82) is 0 Å². The molecule has 0 aliphatic heterocycles. The van der Waals surface area contributed by atoms with Gasteiger partial charge >= 0.3 is 0 Å². The Hall–Kier alpha value is -1.62. The monoisotopic (exact) mass is 190 g/mol. The molecule has 0 spiro atoms. The molecule has 0 bridgehead atoms. The minimum atomic E-state index is -0.323. The molecule has 0 atom stereocenters. The first kappa shape index (κ1) is 10.5. The van der Waals surface area contributed by atoms with Crippen LogP contribution in [0.25, 0.3) is 0 Å². The van der Waals surface area contributed by atoms with Gasteiger partial charge in [0.15, 0.2) is 5.78 Å². The highest BCUT2D eigenvalue weighted by Crippen LogP contribution is 2.12. The standard InChI is InChI=1S/C12H11FO/c1-3-4-5-12(14)11-7-6-10(13)8-9(11)2/h1,6-8H,4-5H2,2H3. The summed E-state index contributed by atoms with van der Waals surface area (Å²) in [5.41, 5.74) is 1.22. The van der Waals surface area contributed by atoms with Crippen LogP contribution in [0, 0.1) is 25.1 Å². The lowest BCUT2D eigenvalue weighted by Crippen LogP contribution is -2.01. The first-order chi connectivity index (χ1) is 6.65. The zero-order valence-corrected chi connectivity index (χ0v) is 8.01. The van der Waals surface area contributed by atoms with E-state index in [1.165, 1.54) is 18.2 Å². The number of carbonyl (C=O) groups excluding carboxylic acids is 1. The van der Waals surface area contributed by atoms with Crippen molar-refractivity contribution < 1.29 is 9.18 Å². The van der Waals surface area contributed by atoms with E-state index in [4.69, 9.17) is 6.42 Å². The smallest absolute Gasteiger partial charge is 0.164 e. The largest absolute Gasteiger partial charge is 0.294 e. The number of Topliss-reactive ketones (excluding diaryl/α,β-unsaturated/α-hetero) is 1. The molecule has 0 unspecified atom stereocenters. The maximum atomic E-state index is 12.7. The molecule has 0 saturated carbocycles. The molecule has 0 aliphatic rings. The van der Waals surface area contributed by atoms with E-state index in [0.717, 1.165) is 0 Å². The molecule has 1 rings (SSSR count). The number of carbonyl (C=O) groups is 1. The van der Waals surface area contributed by atoms with Gasteiger partial charge in [0.2, 0.25) is 0 Å². The third-order valence-corrected chi connectivity index (χ3v) is 1.99. The molecular formula is C12H11FO. The minimum Gasteiger partial charge on any atom is -0.294 e. The molecular weight excluding hydrogens is 179 g/mol. The van der Waals surface area contributed by atoms with Crippen molar-refractivity contribution >= 4 is 5.78 Å². The van der Waals surface area contributed by atoms with Crippen LogP contribution in [0.15, 0.2) is 18.2 Å². The van der Waals surface area contributed by atoms with Crippen molar-refractivity contribution in [2.75, 3.05) is 0 Å². The van der Waals surface area contributed by atoms with Crippen molar-refractivity contribution in [2.24, 2.45) is 0 Å². The highest BCUT2D eigenvalue weighted by atomic mass is 19.1. The van der Waals surface area contributed by atoms with Crippen molar-refractivity contribution in [3.8, 4) is 12.3 Å². The normalized spacial score (nSPS) is 9.50. The fourth-order valence-electron chi connectivity index (χ4n) is 1.26. The van der Waals surface area contributed by atoms with E-state index >= 15 is 0 Å². The van der Waals surface area contributed by atoms with Gasteiger partial charge in [-0.3, -0.25) is 4.79 Å². The van der Waals surface area contributed by atoms with Crippen molar-refractivity contribution in [3.05, 3.63) is 35.1 Å². The highest BCUT2D eigenvalue weighted by Gasteiger charge is 2.08. The van der Waals surface area contributed by atoms with Crippen LogP contribution in [0.3, 0.4) is 0 Å². The number of halogens is 1. The van der Waals surface area contributed by atoms with Crippen molar-refractivity contribution in [3.63, 3.8) is 0 Å². The van der Waals surface area contributed by atoms with Gasteiger partial charge in [0.1, 0.15) is 5.82 Å². The molecule has 72 valence electrons. The summed E-state index contributed by atoms with van der Waals surface area (Å²) >= 11 is 0. The Bertz CT molecular complexity index is 388. The first-order valence-electron chi connectivity index (χ1n) is 4.38. The van der Waals surface area contributed by atoms with Crippen LogP contribution in [0.4, 0.5) is 4.39 Å². The number of ketones is 1. The van der Waals surface area contributed by atoms with Crippen LogP contribution in [0.2, 0.25) is 0 Å². The van der Waals surface area contributed by atoms with Gasteiger partial charge in [0.25, 0.3) is 0 Å². The molecule has 0 saturated heterocycles. The molecule has 0 aromatic heterocycles. The fourth-order valence-corrected chi connectivity index (χ4v) is 1.26. The van der Waals surface area contributed by atoms with Crippen LogP contribution >= 0.6 is 0 Å². The average Bonchev–Trinajstić information content (AvgIpc) is 2.14. The Morgan fingerprint density at radius 1 is 1.57 bits per heavy atom. The Kier molecular flexibility index (Phi) is 3.41. The summed E-state index contributed by atoms with van der Waals surface area (Å²) in [5.74, 6) is 2.05. The van der Waals surface area contributed by atoms with Crippen LogP contribution in [-0.4, -0.2) is 5.78 Å². The number of hydrogen-bond donors (Lipinski definition) is 0. The van der Waals surface area contributed by atoms with Gasteiger partial charge in [-0.15, -0.1) is 12.3 Å². The van der Waals surface area contributed by atoms with Gasteiger partial charge < -0.3 is 0 Å². The van der Waals surface area contributed by atoms with Gasteiger partial charge in [-0.1, -0.05) is 0 Å². The SMILES string of the molecule is C#CCCC(=O)c1ccc(F)cc1C. The summed E-state index contributed by atoms with van der Waals surface area (Å²) < 4.78 is 12.7. The second kappa shape index (κ2) is 4.57. The maximum Gasteiger partial charge on any atom is 0.164 e. The lowest BCUT2D eigenvalue weighted by Gasteiger charge is -2.02. The number of hydrogen-bond acceptors (Lipinski definition) is 1. The Balaban J connectivity index is 2.86. The van der Waals surface area contributed by atoms with Gasteiger partial charge in [0.05, 0.1) is 0 Å². The van der Waals surface area contributed by atoms with Gasteiger partial charge in [-0.05, 0) is 30.7 Å². The number of benzene rings is 1. The third kappa shape index (κ3) is 2.43.